The van der Waals surface area contributed by atoms with Crippen LogP contribution in [0, 0.1) is 6.92 Å². The molecule has 0 aliphatic carbocycles. The molecule has 0 radical (unpaired) electrons. The molecule has 0 aliphatic rings. The van der Waals surface area contributed by atoms with Crippen molar-refractivity contribution < 1.29 is 28.5 Å². The van der Waals surface area contributed by atoms with E-state index in [0.29, 0.717) is 17.2 Å². The Morgan fingerprint density at radius 3 is 2.15 bits per heavy atom. The molecule has 0 aromatic heterocycles. The maximum Gasteiger partial charge on any atom is 0.340 e. The van der Waals surface area contributed by atoms with Crippen molar-refractivity contribution in [1.29, 1.82) is 0 Å². The number of esters is 1. The van der Waals surface area contributed by atoms with Gasteiger partial charge >= 0.3 is 5.97 Å². The van der Waals surface area contributed by atoms with Crippen molar-refractivity contribution in [2.75, 3.05) is 33.3 Å². The molecule has 138 valence electrons. The Bertz CT molecular complexity index is 785. The fraction of sp³-hybridized carbons (Fsp3) is 0.263. The summed E-state index contributed by atoms with van der Waals surface area (Å²) in [4.78, 5) is 24.2. The summed E-state index contributed by atoms with van der Waals surface area (Å²) in [6, 6.07) is 10.3. The molecule has 0 atom stereocenters. The minimum absolute atomic E-state index is 0.147. The fourth-order valence-electron chi connectivity index (χ4n) is 2.23. The SMILES string of the molecule is COC(=O)c1cc(OC)c(OC)cc1NC(=O)COc1ccc(C)cc1. The highest BCUT2D eigenvalue weighted by molar-refractivity contribution is 6.02. The van der Waals surface area contributed by atoms with E-state index in [9.17, 15) is 9.59 Å². The number of anilines is 1. The highest BCUT2D eigenvalue weighted by Gasteiger charge is 2.19. The second kappa shape index (κ2) is 8.75. The number of ether oxygens (including phenoxy) is 4. The third kappa shape index (κ3) is 4.66. The average molecular weight is 359 g/mol. The number of methoxy groups -OCH3 is 3. The Hall–Kier alpha value is -3.22. The lowest BCUT2D eigenvalue weighted by molar-refractivity contribution is -0.118. The fourth-order valence-corrected chi connectivity index (χ4v) is 2.23. The largest absolute Gasteiger partial charge is 0.493 e. The highest BCUT2D eigenvalue weighted by Crippen LogP contribution is 2.33. The molecule has 0 saturated carbocycles. The molecule has 0 fully saturated rings. The van der Waals surface area contributed by atoms with Crippen LogP contribution in [0.3, 0.4) is 0 Å². The van der Waals surface area contributed by atoms with Crippen LogP contribution in [0.2, 0.25) is 0 Å². The van der Waals surface area contributed by atoms with Crippen molar-refractivity contribution in [3.05, 3.63) is 47.5 Å². The Morgan fingerprint density at radius 1 is 0.962 bits per heavy atom. The standard InChI is InChI=1S/C19H21NO6/c1-12-5-7-13(8-6-12)26-11-18(21)20-15-10-17(24-3)16(23-2)9-14(15)19(22)25-4/h5-10H,11H2,1-4H3,(H,20,21). The molecule has 26 heavy (non-hydrogen) atoms. The lowest BCUT2D eigenvalue weighted by Gasteiger charge is -2.15. The summed E-state index contributed by atoms with van der Waals surface area (Å²) in [5.41, 5.74) is 1.48. The predicted octanol–water partition coefficient (Wildman–Crippen LogP) is 2.82. The molecule has 2 rings (SSSR count). The van der Waals surface area contributed by atoms with Crippen LogP contribution in [-0.4, -0.2) is 39.8 Å². The number of carbonyl (C=O) groups excluding carboxylic acids is 2. The summed E-state index contributed by atoms with van der Waals surface area (Å²) in [7, 11) is 4.17. The van der Waals surface area contributed by atoms with Gasteiger partial charge in [0.15, 0.2) is 18.1 Å². The normalized spacial score (nSPS) is 10.0. The van der Waals surface area contributed by atoms with Gasteiger partial charge in [-0.3, -0.25) is 4.79 Å². The molecule has 7 heteroatoms. The van der Waals surface area contributed by atoms with Crippen LogP contribution in [0.4, 0.5) is 5.69 Å². The Morgan fingerprint density at radius 2 is 1.58 bits per heavy atom. The molecule has 2 aromatic rings. The van der Waals surface area contributed by atoms with Crippen molar-refractivity contribution in [3.8, 4) is 17.2 Å². The topological polar surface area (TPSA) is 83.1 Å². The van der Waals surface area contributed by atoms with E-state index in [2.05, 4.69) is 5.32 Å². The first-order valence-corrected chi connectivity index (χ1v) is 7.82. The van der Waals surface area contributed by atoms with Crippen LogP contribution >= 0.6 is 0 Å². The zero-order chi connectivity index (χ0) is 19.1. The van der Waals surface area contributed by atoms with Gasteiger partial charge in [-0.2, -0.15) is 0 Å². The Labute approximate surface area is 151 Å². The summed E-state index contributed by atoms with van der Waals surface area (Å²) in [6.07, 6.45) is 0. The minimum atomic E-state index is -0.610. The van der Waals surface area contributed by atoms with Crippen LogP contribution in [0.15, 0.2) is 36.4 Å². The molecule has 0 saturated heterocycles. The van der Waals surface area contributed by atoms with E-state index in [0.717, 1.165) is 5.56 Å². The van der Waals surface area contributed by atoms with E-state index >= 15 is 0 Å². The van der Waals surface area contributed by atoms with Gasteiger partial charge in [-0.25, -0.2) is 4.79 Å². The van der Waals surface area contributed by atoms with Gasteiger partial charge in [0.05, 0.1) is 32.6 Å². The number of rotatable bonds is 7. The quantitative estimate of drug-likeness (QED) is 0.766. The van der Waals surface area contributed by atoms with Crippen molar-refractivity contribution in [1.82, 2.24) is 0 Å². The molecule has 2 aromatic carbocycles. The van der Waals surface area contributed by atoms with E-state index in [-0.39, 0.29) is 17.9 Å². The molecule has 0 spiro atoms. The van der Waals surface area contributed by atoms with Crippen LogP contribution in [0.25, 0.3) is 0 Å². The molecule has 1 amide bonds. The molecule has 7 nitrogen and oxygen atoms in total. The molecule has 0 aliphatic heterocycles. The zero-order valence-electron chi connectivity index (χ0n) is 15.1. The molecular formula is C19H21NO6. The van der Waals surface area contributed by atoms with Gasteiger partial charge in [-0.15, -0.1) is 0 Å². The van der Waals surface area contributed by atoms with E-state index < -0.39 is 11.9 Å². The predicted molar refractivity (Wildman–Crippen MR) is 96.2 cm³/mol. The van der Waals surface area contributed by atoms with E-state index in [4.69, 9.17) is 18.9 Å². The van der Waals surface area contributed by atoms with E-state index in [1.165, 1.54) is 33.5 Å². The first-order chi connectivity index (χ1) is 12.5. The first-order valence-electron chi connectivity index (χ1n) is 7.82. The third-order valence-corrected chi connectivity index (χ3v) is 3.59. The van der Waals surface area contributed by atoms with Gasteiger partial charge in [0.25, 0.3) is 5.91 Å². The Kier molecular flexibility index (Phi) is 6.43. The zero-order valence-corrected chi connectivity index (χ0v) is 15.1. The molecule has 0 heterocycles. The van der Waals surface area contributed by atoms with Crippen LogP contribution in [0.1, 0.15) is 15.9 Å². The maximum absolute atomic E-state index is 12.2. The minimum Gasteiger partial charge on any atom is -0.493 e. The average Bonchev–Trinajstić information content (AvgIpc) is 2.66. The van der Waals surface area contributed by atoms with Crippen molar-refractivity contribution in [3.63, 3.8) is 0 Å². The monoisotopic (exact) mass is 359 g/mol. The summed E-state index contributed by atoms with van der Waals surface area (Å²) in [6.45, 7) is 1.75. The second-order valence-corrected chi connectivity index (χ2v) is 5.39. The number of nitrogens with one attached hydrogen (secondary N) is 1. The van der Waals surface area contributed by atoms with E-state index in [1.807, 2.05) is 19.1 Å². The van der Waals surface area contributed by atoms with Gasteiger partial charge in [-0.1, -0.05) is 17.7 Å². The van der Waals surface area contributed by atoms with Gasteiger partial charge < -0.3 is 24.3 Å². The summed E-state index contributed by atoms with van der Waals surface area (Å²) in [5.74, 6) is 0.256. The molecule has 1 N–H and O–H groups in total. The second-order valence-electron chi connectivity index (χ2n) is 5.39. The number of aryl methyl sites for hydroxylation is 1. The number of hydrogen-bond acceptors (Lipinski definition) is 6. The maximum atomic E-state index is 12.2. The number of carbonyl (C=O) groups is 2. The first kappa shape index (κ1) is 19.1. The van der Waals surface area contributed by atoms with E-state index in [1.54, 1.807) is 12.1 Å². The summed E-state index contributed by atoms with van der Waals surface area (Å²) < 4.78 is 20.6. The van der Waals surface area contributed by atoms with Crippen LogP contribution < -0.4 is 19.5 Å². The molecular weight excluding hydrogens is 338 g/mol. The Balaban J connectivity index is 2.16. The third-order valence-electron chi connectivity index (χ3n) is 3.59. The lowest BCUT2D eigenvalue weighted by Crippen LogP contribution is -2.22. The van der Waals surface area contributed by atoms with Gasteiger partial charge in [-0.05, 0) is 19.1 Å². The van der Waals surface area contributed by atoms with Gasteiger partial charge in [0.2, 0.25) is 0 Å². The van der Waals surface area contributed by atoms with Gasteiger partial charge in [0.1, 0.15) is 5.75 Å². The lowest BCUT2D eigenvalue weighted by atomic mass is 10.1. The highest BCUT2D eigenvalue weighted by atomic mass is 16.5. The smallest absolute Gasteiger partial charge is 0.340 e. The summed E-state index contributed by atoms with van der Waals surface area (Å²) >= 11 is 0. The molecule has 0 unspecified atom stereocenters. The summed E-state index contributed by atoms with van der Waals surface area (Å²) in [5, 5.41) is 2.63. The number of amides is 1. The van der Waals surface area contributed by atoms with Crippen molar-refractivity contribution >= 4 is 17.6 Å². The van der Waals surface area contributed by atoms with Gasteiger partial charge in [0, 0.05) is 12.1 Å². The van der Waals surface area contributed by atoms with Crippen molar-refractivity contribution in [2.45, 2.75) is 6.92 Å². The van der Waals surface area contributed by atoms with Crippen molar-refractivity contribution in [2.24, 2.45) is 0 Å². The number of benzene rings is 2. The van der Waals surface area contributed by atoms with Crippen LogP contribution in [0.5, 0.6) is 17.2 Å². The molecule has 0 bridgehead atoms. The number of hydrogen-bond donors (Lipinski definition) is 1. The van der Waals surface area contributed by atoms with Crippen LogP contribution in [-0.2, 0) is 9.53 Å².